The Hall–Kier alpha value is -2.39. The van der Waals surface area contributed by atoms with E-state index in [0.717, 1.165) is 23.1 Å². The molecule has 1 aliphatic heterocycles. The van der Waals surface area contributed by atoms with Crippen LogP contribution in [-0.2, 0) is 21.2 Å². The highest BCUT2D eigenvalue weighted by atomic mass is 35.5. The molecule has 9 heteroatoms. The molecule has 1 unspecified atom stereocenters. The summed E-state index contributed by atoms with van der Waals surface area (Å²) in [5, 5.41) is 2.70. The molecule has 1 amide bonds. The summed E-state index contributed by atoms with van der Waals surface area (Å²) in [5.74, 6) is 0.439. The Morgan fingerprint density at radius 1 is 1.17 bits per heavy atom. The molecule has 0 fully saturated rings. The van der Waals surface area contributed by atoms with Gasteiger partial charge in [0.2, 0.25) is 15.9 Å². The molecule has 1 atom stereocenters. The maximum Gasteiger partial charge on any atom is 0.243 e. The van der Waals surface area contributed by atoms with E-state index in [9.17, 15) is 13.2 Å². The van der Waals surface area contributed by atoms with Crippen LogP contribution in [0.15, 0.2) is 58.8 Å². The van der Waals surface area contributed by atoms with Gasteiger partial charge < -0.3 is 9.64 Å². The third-order valence-electron chi connectivity index (χ3n) is 6.45. The largest absolute Gasteiger partial charge is 0.491 e. The number of carbonyl (C=O) groups excluding carboxylic acids is 1. The molecule has 0 aliphatic carbocycles. The SMILES string of the molecule is Cc1ccc(S(=O)(=O)N(CC(=O)N2CCc3sccc3C2COc2ccc(Cl)c(C)c2)C(C)C)cc1. The van der Waals surface area contributed by atoms with Crippen LogP contribution in [0.5, 0.6) is 5.75 Å². The summed E-state index contributed by atoms with van der Waals surface area (Å²) in [6.07, 6.45) is 0.738. The summed E-state index contributed by atoms with van der Waals surface area (Å²) in [6.45, 7) is 7.94. The number of amides is 1. The average molecular weight is 547 g/mol. The highest BCUT2D eigenvalue weighted by Gasteiger charge is 2.36. The highest BCUT2D eigenvalue weighted by Crippen LogP contribution is 2.34. The second kappa shape index (κ2) is 10.9. The van der Waals surface area contributed by atoms with Gasteiger partial charge >= 0.3 is 0 Å². The number of carbonyl (C=O) groups is 1. The molecule has 4 rings (SSSR count). The Balaban J connectivity index is 1.57. The molecule has 1 aliphatic rings. The van der Waals surface area contributed by atoms with Gasteiger partial charge in [0, 0.05) is 22.5 Å². The van der Waals surface area contributed by atoms with Crippen LogP contribution in [0.3, 0.4) is 0 Å². The van der Waals surface area contributed by atoms with Crippen LogP contribution in [0.4, 0.5) is 0 Å². The Morgan fingerprint density at radius 2 is 1.89 bits per heavy atom. The predicted octanol–water partition coefficient (Wildman–Crippen LogP) is 5.62. The van der Waals surface area contributed by atoms with Gasteiger partial charge in [0.25, 0.3) is 0 Å². The van der Waals surface area contributed by atoms with Crippen molar-refractivity contribution in [2.75, 3.05) is 19.7 Å². The fourth-order valence-corrected chi connectivity index (χ4v) is 7.00. The lowest BCUT2D eigenvalue weighted by molar-refractivity contribution is -0.135. The van der Waals surface area contributed by atoms with E-state index in [-0.39, 0.29) is 36.0 Å². The van der Waals surface area contributed by atoms with Crippen molar-refractivity contribution < 1.29 is 17.9 Å². The number of sulfonamides is 1. The van der Waals surface area contributed by atoms with E-state index in [1.54, 1.807) is 60.4 Å². The van der Waals surface area contributed by atoms with E-state index in [1.807, 2.05) is 37.4 Å². The topological polar surface area (TPSA) is 66.9 Å². The number of ether oxygens (including phenoxy) is 1. The molecule has 0 radical (unpaired) electrons. The number of benzene rings is 2. The first-order valence-electron chi connectivity index (χ1n) is 11.9. The van der Waals surface area contributed by atoms with Gasteiger partial charge in [-0.15, -0.1) is 11.3 Å². The lowest BCUT2D eigenvalue weighted by atomic mass is 10.0. The van der Waals surface area contributed by atoms with Crippen molar-refractivity contribution in [1.82, 2.24) is 9.21 Å². The molecule has 3 aromatic rings. The normalized spacial score (nSPS) is 15.9. The van der Waals surface area contributed by atoms with Crippen molar-refractivity contribution in [3.8, 4) is 5.75 Å². The van der Waals surface area contributed by atoms with E-state index in [2.05, 4.69) is 0 Å². The molecular formula is C27H31ClN2O4S2. The van der Waals surface area contributed by atoms with Crippen molar-refractivity contribution in [2.45, 2.75) is 51.1 Å². The molecule has 2 aromatic carbocycles. The summed E-state index contributed by atoms with van der Waals surface area (Å²) < 4.78 is 34.3. The quantitative estimate of drug-likeness (QED) is 0.367. The van der Waals surface area contributed by atoms with E-state index in [4.69, 9.17) is 16.3 Å². The molecule has 6 nitrogen and oxygen atoms in total. The second-order valence-electron chi connectivity index (χ2n) is 9.33. The van der Waals surface area contributed by atoms with Crippen molar-refractivity contribution >= 4 is 38.9 Å². The van der Waals surface area contributed by atoms with Gasteiger partial charge in [0.15, 0.2) is 0 Å². The van der Waals surface area contributed by atoms with Crippen molar-refractivity contribution in [1.29, 1.82) is 0 Å². The lowest BCUT2D eigenvalue weighted by Crippen LogP contribution is -2.49. The van der Waals surface area contributed by atoms with Gasteiger partial charge in [-0.2, -0.15) is 4.31 Å². The van der Waals surface area contributed by atoms with E-state index >= 15 is 0 Å². The molecular weight excluding hydrogens is 516 g/mol. The van der Waals surface area contributed by atoms with Gasteiger partial charge in [-0.1, -0.05) is 29.3 Å². The smallest absolute Gasteiger partial charge is 0.243 e. The molecule has 1 aromatic heterocycles. The molecule has 0 spiro atoms. The highest BCUT2D eigenvalue weighted by molar-refractivity contribution is 7.89. The minimum atomic E-state index is -3.84. The standard InChI is InChI=1S/C27H31ClN2O4S2/c1-18(2)30(36(32,33)22-8-5-19(3)6-9-22)16-27(31)29-13-11-26-23(12-14-35-26)25(29)17-34-21-7-10-24(28)20(4)15-21/h5-10,12,14-15,18,25H,11,13,16-17H2,1-4H3. The predicted molar refractivity (Wildman–Crippen MR) is 144 cm³/mol. The van der Waals surface area contributed by atoms with Gasteiger partial charge in [-0.05, 0) is 87.0 Å². The van der Waals surface area contributed by atoms with Gasteiger partial charge in [-0.3, -0.25) is 4.79 Å². The minimum absolute atomic E-state index is 0.186. The lowest BCUT2D eigenvalue weighted by Gasteiger charge is -2.37. The Labute approximate surface area is 222 Å². The molecule has 2 heterocycles. The Morgan fingerprint density at radius 3 is 2.56 bits per heavy atom. The number of hydrogen-bond donors (Lipinski definition) is 0. The van der Waals surface area contributed by atoms with E-state index in [0.29, 0.717) is 17.3 Å². The van der Waals surface area contributed by atoms with E-state index < -0.39 is 10.0 Å². The summed E-state index contributed by atoms with van der Waals surface area (Å²) in [5.41, 5.74) is 2.94. The number of aryl methyl sites for hydroxylation is 2. The first kappa shape index (κ1) is 26.7. The van der Waals surface area contributed by atoms with Crippen molar-refractivity contribution in [3.05, 3.63) is 80.5 Å². The van der Waals surface area contributed by atoms with Crippen LogP contribution in [0.25, 0.3) is 0 Å². The summed E-state index contributed by atoms with van der Waals surface area (Å²) in [7, 11) is -3.84. The van der Waals surface area contributed by atoms with Crippen LogP contribution in [0, 0.1) is 13.8 Å². The average Bonchev–Trinajstić information content (AvgIpc) is 3.32. The zero-order chi connectivity index (χ0) is 26.0. The maximum absolute atomic E-state index is 13.6. The van der Waals surface area contributed by atoms with Crippen molar-refractivity contribution in [2.24, 2.45) is 0 Å². The van der Waals surface area contributed by atoms with Crippen LogP contribution < -0.4 is 4.74 Å². The van der Waals surface area contributed by atoms with Crippen LogP contribution >= 0.6 is 22.9 Å². The van der Waals surface area contributed by atoms with Gasteiger partial charge in [0.1, 0.15) is 12.4 Å². The summed E-state index contributed by atoms with van der Waals surface area (Å²) in [6, 6.07) is 13.5. The number of hydrogen-bond acceptors (Lipinski definition) is 5. The number of nitrogens with zero attached hydrogens (tertiary/aromatic N) is 2. The molecule has 0 bridgehead atoms. The third-order valence-corrected chi connectivity index (χ3v) is 9.90. The summed E-state index contributed by atoms with van der Waals surface area (Å²) >= 11 is 7.82. The molecule has 36 heavy (non-hydrogen) atoms. The number of rotatable bonds is 8. The molecule has 0 saturated carbocycles. The third kappa shape index (κ3) is 5.62. The fraction of sp³-hybridized carbons (Fsp3) is 0.370. The number of thiophene rings is 1. The Kier molecular flexibility index (Phi) is 8.09. The van der Waals surface area contributed by atoms with Crippen LogP contribution in [0.2, 0.25) is 5.02 Å². The first-order valence-corrected chi connectivity index (χ1v) is 14.6. The van der Waals surface area contributed by atoms with E-state index in [1.165, 1.54) is 9.18 Å². The van der Waals surface area contributed by atoms with Crippen molar-refractivity contribution in [3.63, 3.8) is 0 Å². The number of fused-ring (bicyclic) bond motifs is 1. The zero-order valence-electron chi connectivity index (χ0n) is 20.9. The number of halogens is 1. The monoisotopic (exact) mass is 546 g/mol. The van der Waals surface area contributed by atoms with Gasteiger partial charge in [-0.25, -0.2) is 8.42 Å². The van der Waals surface area contributed by atoms with Gasteiger partial charge in [0.05, 0.1) is 17.5 Å². The minimum Gasteiger partial charge on any atom is -0.491 e. The van der Waals surface area contributed by atoms with Crippen LogP contribution in [-0.4, -0.2) is 49.3 Å². The Bertz CT molecular complexity index is 1340. The summed E-state index contributed by atoms with van der Waals surface area (Å²) in [4.78, 5) is 16.8. The molecule has 0 N–H and O–H groups in total. The molecule has 192 valence electrons. The fourth-order valence-electron chi connectivity index (χ4n) is 4.37. The first-order chi connectivity index (χ1) is 17.1. The van der Waals surface area contributed by atoms with Crippen LogP contribution in [0.1, 0.15) is 41.5 Å². The molecule has 0 saturated heterocycles. The zero-order valence-corrected chi connectivity index (χ0v) is 23.3. The second-order valence-corrected chi connectivity index (χ2v) is 12.6. The maximum atomic E-state index is 13.6.